The molecule has 3 nitrogen and oxygen atoms in total. The number of carboxylic acids is 1. The summed E-state index contributed by atoms with van der Waals surface area (Å²) in [6, 6.07) is 9.36. The summed E-state index contributed by atoms with van der Waals surface area (Å²) in [5.41, 5.74) is 0.949. The van der Waals surface area contributed by atoms with Crippen molar-refractivity contribution in [3.05, 3.63) is 35.9 Å². The van der Waals surface area contributed by atoms with E-state index >= 15 is 0 Å². The SMILES string of the molecule is O=C(O)C[Se]C(=O)Cc1ccccc1. The molecule has 0 aromatic heterocycles. The van der Waals surface area contributed by atoms with Crippen LogP contribution in [-0.4, -0.2) is 30.7 Å². The summed E-state index contributed by atoms with van der Waals surface area (Å²) in [7, 11) is 0. The Morgan fingerprint density at radius 2 is 1.86 bits per heavy atom. The fraction of sp³-hybridized carbons (Fsp3) is 0.200. The first-order valence-electron chi connectivity index (χ1n) is 4.10. The molecule has 1 rings (SSSR count). The van der Waals surface area contributed by atoms with Crippen LogP contribution in [0.4, 0.5) is 0 Å². The van der Waals surface area contributed by atoms with Gasteiger partial charge < -0.3 is 0 Å². The topological polar surface area (TPSA) is 54.4 Å². The van der Waals surface area contributed by atoms with Crippen LogP contribution in [0.3, 0.4) is 0 Å². The van der Waals surface area contributed by atoms with Gasteiger partial charge >= 0.3 is 87.9 Å². The van der Waals surface area contributed by atoms with E-state index in [1.54, 1.807) is 0 Å². The molecule has 0 heterocycles. The van der Waals surface area contributed by atoms with Gasteiger partial charge in [0, 0.05) is 0 Å². The average molecular weight is 257 g/mol. The van der Waals surface area contributed by atoms with Gasteiger partial charge in [0.25, 0.3) is 0 Å². The van der Waals surface area contributed by atoms with Crippen molar-refractivity contribution < 1.29 is 14.7 Å². The van der Waals surface area contributed by atoms with E-state index in [4.69, 9.17) is 5.11 Å². The predicted octanol–water partition coefficient (Wildman–Crippen LogP) is 0.963. The van der Waals surface area contributed by atoms with Gasteiger partial charge in [-0.2, -0.15) is 0 Å². The maximum absolute atomic E-state index is 11.3. The first-order chi connectivity index (χ1) is 6.68. The van der Waals surface area contributed by atoms with Crippen molar-refractivity contribution in [2.75, 3.05) is 0 Å². The number of carboxylic acid groups (broad SMARTS) is 1. The van der Waals surface area contributed by atoms with E-state index in [0.717, 1.165) is 5.56 Å². The zero-order chi connectivity index (χ0) is 10.4. The minimum atomic E-state index is -0.897. The van der Waals surface area contributed by atoms with Gasteiger partial charge in [0.2, 0.25) is 0 Å². The third kappa shape index (κ3) is 4.21. The number of benzene rings is 1. The van der Waals surface area contributed by atoms with Crippen LogP contribution < -0.4 is 0 Å². The Kier molecular flexibility index (Phi) is 4.36. The molecule has 4 heteroatoms. The van der Waals surface area contributed by atoms with Gasteiger partial charge in [-0.1, -0.05) is 0 Å². The molecule has 1 N–H and O–H groups in total. The van der Waals surface area contributed by atoms with Crippen molar-refractivity contribution >= 4 is 25.6 Å². The summed E-state index contributed by atoms with van der Waals surface area (Å²) in [6.45, 7) is 0. The van der Waals surface area contributed by atoms with Crippen LogP contribution in [0.5, 0.6) is 0 Å². The van der Waals surface area contributed by atoms with Crippen molar-refractivity contribution in [3.8, 4) is 0 Å². The van der Waals surface area contributed by atoms with Gasteiger partial charge in [0.1, 0.15) is 0 Å². The van der Waals surface area contributed by atoms with Crippen LogP contribution in [0.1, 0.15) is 5.56 Å². The van der Waals surface area contributed by atoms with Crippen LogP contribution in [0.25, 0.3) is 0 Å². The second kappa shape index (κ2) is 5.58. The van der Waals surface area contributed by atoms with Gasteiger partial charge in [0.05, 0.1) is 0 Å². The van der Waals surface area contributed by atoms with Crippen LogP contribution in [-0.2, 0) is 16.0 Å². The summed E-state index contributed by atoms with van der Waals surface area (Å²) >= 11 is -0.429. The Morgan fingerprint density at radius 1 is 1.21 bits per heavy atom. The molecule has 0 aliphatic carbocycles. The maximum atomic E-state index is 11.3. The number of carbonyl (C=O) groups is 2. The number of hydrogen-bond donors (Lipinski definition) is 1. The number of aliphatic carboxylic acids is 1. The van der Waals surface area contributed by atoms with Gasteiger partial charge in [-0.15, -0.1) is 0 Å². The molecule has 0 saturated heterocycles. The Bertz CT molecular complexity index is 321. The molecule has 74 valence electrons. The van der Waals surface area contributed by atoms with Crippen molar-refractivity contribution in [3.63, 3.8) is 0 Å². The Morgan fingerprint density at radius 3 is 2.43 bits per heavy atom. The molecule has 0 saturated carbocycles. The molecule has 0 bridgehead atoms. The molecule has 0 spiro atoms. The zero-order valence-corrected chi connectivity index (χ0v) is 9.19. The van der Waals surface area contributed by atoms with Gasteiger partial charge in [-0.3, -0.25) is 0 Å². The number of carbonyl (C=O) groups excluding carboxylic acids is 1. The summed E-state index contributed by atoms with van der Waals surface area (Å²) in [6.07, 6.45) is 0.355. The van der Waals surface area contributed by atoms with Gasteiger partial charge in [-0.05, 0) is 0 Å². The standard InChI is InChI=1S/C10H10O3Se/c11-9(12)7-14-10(13)6-8-4-2-1-3-5-8/h1-5H,6-7H2,(H,11,12). The van der Waals surface area contributed by atoms with E-state index in [0.29, 0.717) is 6.42 Å². The first kappa shape index (κ1) is 11.0. The van der Waals surface area contributed by atoms with Crippen molar-refractivity contribution in [1.82, 2.24) is 0 Å². The summed E-state index contributed by atoms with van der Waals surface area (Å²) in [5.74, 6) is -0.897. The molecule has 0 atom stereocenters. The van der Waals surface area contributed by atoms with Crippen LogP contribution in [0.2, 0.25) is 5.32 Å². The summed E-state index contributed by atoms with van der Waals surface area (Å²) < 4.78 is 0.0334. The molecule has 0 aliphatic rings. The van der Waals surface area contributed by atoms with E-state index in [2.05, 4.69) is 0 Å². The Balaban J connectivity index is 2.38. The third-order valence-electron chi connectivity index (χ3n) is 1.55. The molecular weight excluding hydrogens is 247 g/mol. The minimum absolute atomic E-state index is 0.0152. The van der Waals surface area contributed by atoms with E-state index in [-0.39, 0.29) is 10.0 Å². The monoisotopic (exact) mass is 258 g/mol. The Labute approximate surface area is 88.3 Å². The molecule has 0 aliphatic heterocycles. The second-order valence-corrected chi connectivity index (χ2v) is 4.88. The zero-order valence-electron chi connectivity index (χ0n) is 7.47. The molecule has 0 fully saturated rings. The summed E-state index contributed by atoms with van der Waals surface area (Å²) in [4.78, 5) is 21.5. The fourth-order valence-electron chi connectivity index (χ4n) is 0.956. The quantitative estimate of drug-likeness (QED) is 0.799. The van der Waals surface area contributed by atoms with E-state index in [1.165, 1.54) is 0 Å². The molecular formula is C10H10O3Se. The van der Waals surface area contributed by atoms with Gasteiger partial charge in [0.15, 0.2) is 0 Å². The van der Waals surface area contributed by atoms with Gasteiger partial charge in [-0.25, -0.2) is 0 Å². The van der Waals surface area contributed by atoms with Crippen molar-refractivity contribution in [2.45, 2.75) is 11.7 Å². The number of rotatable bonds is 5. The molecule has 1 aromatic carbocycles. The third-order valence-corrected chi connectivity index (χ3v) is 3.35. The average Bonchev–Trinajstić information content (AvgIpc) is 2.16. The van der Waals surface area contributed by atoms with Crippen LogP contribution >= 0.6 is 0 Å². The molecule has 0 unspecified atom stereocenters. The van der Waals surface area contributed by atoms with Crippen molar-refractivity contribution in [2.24, 2.45) is 0 Å². The van der Waals surface area contributed by atoms with Crippen molar-refractivity contribution in [1.29, 1.82) is 0 Å². The molecule has 0 radical (unpaired) electrons. The molecule has 0 amide bonds. The normalized spacial score (nSPS) is 9.71. The van der Waals surface area contributed by atoms with Crippen LogP contribution in [0.15, 0.2) is 30.3 Å². The second-order valence-electron chi connectivity index (χ2n) is 2.72. The number of hydrogen-bond acceptors (Lipinski definition) is 2. The fourth-order valence-corrected chi connectivity index (χ4v) is 2.12. The van der Waals surface area contributed by atoms with Crippen LogP contribution in [0, 0.1) is 0 Å². The molecule has 1 aromatic rings. The Hall–Kier alpha value is -1.12. The molecule has 14 heavy (non-hydrogen) atoms. The van der Waals surface area contributed by atoms with E-state index < -0.39 is 20.9 Å². The van der Waals surface area contributed by atoms with E-state index in [1.807, 2.05) is 30.3 Å². The predicted molar refractivity (Wildman–Crippen MR) is 53.3 cm³/mol. The van der Waals surface area contributed by atoms with E-state index in [9.17, 15) is 9.59 Å². The first-order valence-corrected chi connectivity index (χ1v) is 6.16. The summed E-state index contributed by atoms with van der Waals surface area (Å²) in [5, 5.41) is 8.38.